The molecule has 0 spiro atoms. The number of piperazine rings is 1. The molecule has 5 rings (SSSR count). The second-order valence-electron chi connectivity index (χ2n) is 8.66. The largest absolute Gasteiger partial charge is 0.321 e. The number of nitrogens with one attached hydrogen (secondary N) is 2. The Bertz CT molecular complexity index is 1010. The third-order valence-electron chi connectivity index (χ3n) is 6.73. The fourth-order valence-corrected chi connectivity index (χ4v) is 4.98. The summed E-state index contributed by atoms with van der Waals surface area (Å²) in [6.45, 7) is 7.24. The van der Waals surface area contributed by atoms with E-state index in [1.807, 2.05) is 16.7 Å². The Morgan fingerprint density at radius 2 is 2.03 bits per heavy atom. The van der Waals surface area contributed by atoms with E-state index >= 15 is 0 Å². The van der Waals surface area contributed by atoms with Crippen molar-refractivity contribution >= 4 is 17.8 Å². The maximum absolute atomic E-state index is 13.4. The summed E-state index contributed by atoms with van der Waals surface area (Å²) in [5.41, 5.74) is 1.71. The molecule has 0 aliphatic carbocycles. The van der Waals surface area contributed by atoms with Crippen LogP contribution in [-0.2, 0) is 6.54 Å². The molecule has 0 radical (unpaired) electrons. The van der Waals surface area contributed by atoms with E-state index in [-0.39, 0.29) is 31.2 Å². The zero-order chi connectivity index (χ0) is 21.7. The first-order valence-electron chi connectivity index (χ1n) is 10.7. The average molecular weight is 444 g/mol. The number of hydrogen-bond donors (Lipinski definition) is 2. The van der Waals surface area contributed by atoms with E-state index in [0.717, 1.165) is 43.5 Å². The number of halogens is 1. The van der Waals surface area contributed by atoms with Crippen molar-refractivity contribution in [3.05, 3.63) is 41.1 Å². The fraction of sp³-hybridized carbons (Fsp3) is 0.545. The summed E-state index contributed by atoms with van der Waals surface area (Å²) < 4.78 is 13.1. The van der Waals surface area contributed by atoms with Gasteiger partial charge in [-0.2, -0.15) is 5.10 Å². The number of pyridine rings is 1. The van der Waals surface area contributed by atoms with E-state index in [1.54, 1.807) is 0 Å². The normalized spacial score (nSPS) is 24.7. The number of H-pyrrole nitrogens is 1. The molecule has 3 atom stereocenters. The molecule has 9 nitrogen and oxygen atoms in total. The van der Waals surface area contributed by atoms with Crippen molar-refractivity contribution in [3.63, 3.8) is 0 Å². The van der Waals surface area contributed by atoms with Crippen molar-refractivity contribution in [3.8, 4) is 0 Å². The van der Waals surface area contributed by atoms with Gasteiger partial charge in [-0.05, 0) is 45.4 Å². The molecule has 2 aromatic heterocycles. The van der Waals surface area contributed by atoms with E-state index in [4.69, 9.17) is 0 Å². The standard InChI is InChI=1S/C21H26FN7O2.CH4/c1-12-9-27-7-3-4-15(27)10-28(12)21(31)29-11-16-18(13(29)2)25-26-19(16)24-20(30)17-6-5-14(22)8-23-17;/h5-6,8,12-13,15H,3-4,7,9-11H2,1-2H3,(H2,24,25,26,30);1H4/t12-,13?,15-;/m0./s1. The third-order valence-corrected chi connectivity index (χ3v) is 6.73. The second-order valence-corrected chi connectivity index (χ2v) is 8.66. The number of carbonyl (C=O) groups excluding carboxylic acids is 2. The Morgan fingerprint density at radius 1 is 1.22 bits per heavy atom. The number of rotatable bonds is 2. The zero-order valence-corrected chi connectivity index (χ0v) is 17.6. The number of anilines is 1. The molecule has 2 N–H and O–H groups in total. The summed E-state index contributed by atoms with van der Waals surface area (Å²) in [4.78, 5) is 36.0. The van der Waals surface area contributed by atoms with Crippen LogP contribution < -0.4 is 5.32 Å². The number of aromatic nitrogens is 3. The van der Waals surface area contributed by atoms with Crippen LogP contribution in [0.15, 0.2) is 18.3 Å². The van der Waals surface area contributed by atoms with Gasteiger partial charge in [0.15, 0.2) is 5.82 Å². The Morgan fingerprint density at radius 3 is 2.78 bits per heavy atom. The molecule has 3 amide bonds. The van der Waals surface area contributed by atoms with E-state index in [2.05, 4.69) is 32.3 Å². The van der Waals surface area contributed by atoms with Gasteiger partial charge in [0.05, 0.1) is 24.5 Å². The van der Waals surface area contributed by atoms with E-state index in [0.29, 0.717) is 18.4 Å². The van der Waals surface area contributed by atoms with Crippen LogP contribution in [0.4, 0.5) is 15.0 Å². The van der Waals surface area contributed by atoms with Crippen LogP contribution in [0.1, 0.15) is 61.9 Å². The molecule has 10 heteroatoms. The van der Waals surface area contributed by atoms with Gasteiger partial charge in [0.25, 0.3) is 5.91 Å². The van der Waals surface area contributed by atoms with Crippen LogP contribution in [0.25, 0.3) is 0 Å². The summed E-state index contributed by atoms with van der Waals surface area (Å²) >= 11 is 0. The Hall–Kier alpha value is -3.01. The van der Waals surface area contributed by atoms with E-state index in [9.17, 15) is 14.0 Å². The van der Waals surface area contributed by atoms with Crippen molar-refractivity contribution in [1.29, 1.82) is 0 Å². The van der Waals surface area contributed by atoms with Gasteiger partial charge in [0.2, 0.25) is 0 Å². The van der Waals surface area contributed by atoms with Crippen molar-refractivity contribution in [1.82, 2.24) is 29.9 Å². The van der Waals surface area contributed by atoms with Crippen molar-refractivity contribution in [2.45, 2.75) is 58.8 Å². The number of nitrogens with zero attached hydrogens (tertiary/aromatic N) is 5. The highest BCUT2D eigenvalue weighted by molar-refractivity contribution is 6.02. The van der Waals surface area contributed by atoms with E-state index < -0.39 is 11.7 Å². The third kappa shape index (κ3) is 3.72. The Kier molecular flexibility index (Phi) is 5.89. The Labute approximate surface area is 187 Å². The molecule has 3 aliphatic heterocycles. The molecule has 2 fully saturated rings. The van der Waals surface area contributed by atoms with Gasteiger partial charge >= 0.3 is 6.03 Å². The summed E-state index contributed by atoms with van der Waals surface area (Å²) in [7, 11) is 0. The highest BCUT2D eigenvalue weighted by Crippen LogP contribution is 2.37. The monoisotopic (exact) mass is 443 g/mol. The maximum Gasteiger partial charge on any atom is 0.321 e. The van der Waals surface area contributed by atoms with Crippen molar-refractivity contribution in [2.24, 2.45) is 0 Å². The number of carbonyl (C=O) groups is 2. The van der Waals surface area contributed by atoms with E-state index in [1.165, 1.54) is 18.6 Å². The highest BCUT2D eigenvalue weighted by atomic mass is 19.1. The quantitative estimate of drug-likeness (QED) is 0.744. The predicted octanol–water partition coefficient (Wildman–Crippen LogP) is 3.00. The fourth-order valence-electron chi connectivity index (χ4n) is 4.98. The number of hydrogen-bond acceptors (Lipinski definition) is 5. The lowest BCUT2D eigenvalue weighted by atomic mass is 10.1. The van der Waals surface area contributed by atoms with Crippen molar-refractivity contribution < 1.29 is 14.0 Å². The zero-order valence-electron chi connectivity index (χ0n) is 17.6. The van der Waals surface area contributed by atoms with Gasteiger partial charge < -0.3 is 15.1 Å². The summed E-state index contributed by atoms with van der Waals surface area (Å²) in [5, 5.41) is 9.92. The molecule has 1 unspecified atom stereocenters. The Balaban J connectivity index is 0.00000245. The number of urea groups is 1. The van der Waals surface area contributed by atoms with Gasteiger partial charge in [0, 0.05) is 30.7 Å². The number of aromatic amines is 1. The molecule has 2 aromatic rings. The SMILES string of the molecule is C.CC1c2[nH]nc(NC(=O)c3ccc(F)cn3)c2CN1C(=O)N1C[C@@H]2CCCN2C[C@@H]1C. The molecule has 0 saturated carbocycles. The summed E-state index contributed by atoms with van der Waals surface area (Å²) in [6, 6.07) is 2.97. The molecule has 172 valence electrons. The van der Waals surface area contributed by atoms with Crippen LogP contribution in [0, 0.1) is 5.82 Å². The summed E-state index contributed by atoms with van der Waals surface area (Å²) in [6.07, 6.45) is 3.34. The topological polar surface area (TPSA) is 97.5 Å². The predicted molar refractivity (Wildman–Crippen MR) is 118 cm³/mol. The second kappa shape index (κ2) is 8.50. The number of fused-ring (bicyclic) bond motifs is 2. The average Bonchev–Trinajstić information content (AvgIpc) is 3.44. The molecule has 5 heterocycles. The molecular weight excluding hydrogens is 413 g/mol. The lowest BCUT2D eigenvalue weighted by molar-refractivity contribution is 0.0580. The van der Waals surface area contributed by atoms with Crippen LogP contribution in [-0.4, -0.2) is 73.5 Å². The van der Waals surface area contributed by atoms with Crippen LogP contribution >= 0.6 is 0 Å². The van der Waals surface area contributed by atoms with Gasteiger partial charge in [-0.3, -0.25) is 14.8 Å². The lowest BCUT2D eigenvalue weighted by Gasteiger charge is -2.44. The minimum atomic E-state index is -0.507. The van der Waals surface area contributed by atoms with Crippen LogP contribution in [0.2, 0.25) is 0 Å². The molecule has 32 heavy (non-hydrogen) atoms. The highest BCUT2D eigenvalue weighted by Gasteiger charge is 2.42. The minimum Gasteiger partial charge on any atom is -0.319 e. The molecule has 0 bridgehead atoms. The van der Waals surface area contributed by atoms with Crippen LogP contribution in [0.5, 0.6) is 0 Å². The van der Waals surface area contributed by atoms with Crippen molar-refractivity contribution in [2.75, 3.05) is 25.0 Å². The van der Waals surface area contributed by atoms with Gasteiger partial charge in [-0.15, -0.1) is 0 Å². The molecular formula is C22H30FN7O2. The summed E-state index contributed by atoms with van der Waals surface area (Å²) in [5.74, 6) is -0.604. The van der Waals surface area contributed by atoms with Gasteiger partial charge in [-0.1, -0.05) is 7.43 Å². The molecule has 3 aliphatic rings. The molecule has 0 aromatic carbocycles. The lowest BCUT2D eigenvalue weighted by Crippen LogP contribution is -2.59. The van der Waals surface area contributed by atoms with Gasteiger partial charge in [-0.25, -0.2) is 14.2 Å². The minimum absolute atomic E-state index is 0. The number of amides is 3. The molecule has 2 saturated heterocycles. The smallest absolute Gasteiger partial charge is 0.319 e. The maximum atomic E-state index is 13.4. The first-order chi connectivity index (χ1) is 14.9. The first kappa shape index (κ1) is 22.2. The first-order valence-corrected chi connectivity index (χ1v) is 10.7. The van der Waals surface area contributed by atoms with Crippen LogP contribution in [0.3, 0.4) is 0 Å². The van der Waals surface area contributed by atoms with Gasteiger partial charge in [0.1, 0.15) is 11.5 Å².